The second-order valence-electron chi connectivity index (χ2n) is 5.28. The maximum atomic E-state index is 3.51. The van der Waals surface area contributed by atoms with Crippen molar-refractivity contribution in [2.75, 3.05) is 0 Å². The molecule has 0 atom stereocenters. The maximum absolute atomic E-state index is 3.51. The second kappa shape index (κ2) is 3.42. The summed E-state index contributed by atoms with van der Waals surface area (Å²) in [7, 11) is 0. The van der Waals surface area contributed by atoms with E-state index in [1.807, 2.05) is 0 Å². The van der Waals surface area contributed by atoms with Gasteiger partial charge in [-0.2, -0.15) is 0 Å². The molecule has 0 aliphatic carbocycles. The highest BCUT2D eigenvalue weighted by Crippen LogP contribution is 2.26. The summed E-state index contributed by atoms with van der Waals surface area (Å²) in [6, 6.07) is 21.4. The summed E-state index contributed by atoms with van der Waals surface area (Å²) in [6.07, 6.45) is 0. The standard InChI is InChI=1S/C18H10N2/c1-3-7-15-11(5-1)13-9-18-14(10-17(13)19-15)12-6-2-4-8-16(12)20-18/h1-10H/p+2. The van der Waals surface area contributed by atoms with Crippen LogP contribution in [0.4, 0.5) is 11.4 Å². The lowest BCUT2D eigenvalue weighted by Gasteiger charge is -1.94. The fourth-order valence-electron chi connectivity index (χ4n) is 3.20. The van der Waals surface area contributed by atoms with Crippen LogP contribution in [0, 0.1) is 0 Å². The van der Waals surface area contributed by atoms with Crippen LogP contribution in [0.15, 0.2) is 60.7 Å². The number of para-hydroxylation sites is 2. The normalized spacial score (nSPS) is 12.8. The van der Waals surface area contributed by atoms with E-state index in [1.165, 1.54) is 44.3 Å². The molecular weight excluding hydrogens is 244 g/mol. The van der Waals surface area contributed by atoms with E-state index in [2.05, 4.69) is 70.6 Å². The second-order valence-corrected chi connectivity index (χ2v) is 5.28. The Kier molecular flexibility index (Phi) is 1.73. The van der Waals surface area contributed by atoms with Gasteiger partial charge in [0.25, 0.3) is 0 Å². The van der Waals surface area contributed by atoms with Crippen molar-refractivity contribution in [3.05, 3.63) is 71.4 Å². The number of benzene rings is 3. The third kappa shape index (κ3) is 1.18. The van der Waals surface area contributed by atoms with E-state index >= 15 is 0 Å². The quantitative estimate of drug-likeness (QED) is 0.381. The Morgan fingerprint density at radius 3 is 1.45 bits per heavy atom. The molecule has 2 aliphatic heterocycles. The highest BCUT2D eigenvalue weighted by Gasteiger charge is 2.26. The van der Waals surface area contributed by atoms with Gasteiger partial charge in [-0.15, -0.1) is 0 Å². The third-order valence-electron chi connectivity index (χ3n) is 4.13. The van der Waals surface area contributed by atoms with E-state index in [4.69, 9.17) is 0 Å². The van der Waals surface area contributed by atoms with Gasteiger partial charge in [-0.1, -0.05) is 24.3 Å². The summed E-state index contributed by atoms with van der Waals surface area (Å²) in [4.78, 5) is 7.02. The Bertz CT molecular complexity index is 917. The van der Waals surface area contributed by atoms with Gasteiger partial charge < -0.3 is 0 Å². The average molecular weight is 256 g/mol. The lowest BCUT2D eigenvalue weighted by atomic mass is 10.0. The van der Waals surface area contributed by atoms with Gasteiger partial charge in [0.15, 0.2) is 0 Å². The maximum Gasteiger partial charge on any atom is 0.213 e. The lowest BCUT2D eigenvalue weighted by Crippen LogP contribution is -2.70. The topological polar surface area (TPSA) is 27.9 Å². The van der Waals surface area contributed by atoms with Gasteiger partial charge >= 0.3 is 0 Å². The van der Waals surface area contributed by atoms with E-state index < -0.39 is 0 Å². The molecule has 0 fully saturated rings. The van der Waals surface area contributed by atoms with Crippen molar-refractivity contribution in [2.24, 2.45) is 0 Å². The highest BCUT2D eigenvalue weighted by molar-refractivity contribution is 5.79. The minimum Gasteiger partial charge on any atom is -0.204 e. The molecule has 0 radical (unpaired) electrons. The van der Waals surface area contributed by atoms with E-state index in [-0.39, 0.29) is 0 Å². The first-order chi connectivity index (χ1) is 9.90. The fourth-order valence-corrected chi connectivity index (χ4v) is 3.20. The van der Waals surface area contributed by atoms with Crippen molar-refractivity contribution in [2.45, 2.75) is 0 Å². The molecule has 0 saturated heterocycles. The van der Waals surface area contributed by atoms with Crippen molar-refractivity contribution in [3.8, 4) is 22.3 Å². The first-order valence-corrected chi connectivity index (χ1v) is 6.81. The summed E-state index contributed by atoms with van der Waals surface area (Å²) < 4.78 is 0. The molecule has 20 heavy (non-hydrogen) atoms. The third-order valence-corrected chi connectivity index (χ3v) is 4.13. The number of nitrogens with one attached hydrogen (secondary N) is 2. The summed E-state index contributed by atoms with van der Waals surface area (Å²) >= 11 is 0. The van der Waals surface area contributed by atoms with Gasteiger partial charge in [0.2, 0.25) is 22.1 Å². The molecule has 92 valence electrons. The minimum absolute atomic E-state index is 1.19. The Morgan fingerprint density at radius 1 is 0.500 bits per heavy atom. The highest BCUT2D eigenvalue weighted by atomic mass is 14.8. The number of fused-ring (bicyclic) bond motifs is 6. The minimum atomic E-state index is 1.19. The molecule has 2 heterocycles. The number of rotatable bonds is 0. The van der Waals surface area contributed by atoms with Crippen LogP contribution < -0.4 is 20.7 Å². The predicted octanol–water partition coefficient (Wildman–Crippen LogP) is -0.289. The lowest BCUT2D eigenvalue weighted by molar-refractivity contribution is -0.399. The van der Waals surface area contributed by atoms with Gasteiger partial charge in [0.05, 0.1) is 22.3 Å². The van der Waals surface area contributed by atoms with E-state index in [0.717, 1.165) is 0 Å². The largest absolute Gasteiger partial charge is 0.213 e. The summed E-state index contributed by atoms with van der Waals surface area (Å²) in [5.74, 6) is 0. The van der Waals surface area contributed by atoms with Crippen molar-refractivity contribution < 1.29 is 9.98 Å². The molecule has 2 heteroatoms. The first-order valence-electron chi connectivity index (χ1n) is 6.81. The smallest absolute Gasteiger partial charge is 0.204 e. The Balaban J connectivity index is 1.88. The molecule has 2 N–H and O–H groups in total. The Labute approximate surface area is 115 Å². The summed E-state index contributed by atoms with van der Waals surface area (Å²) in [6.45, 7) is 0. The molecule has 5 rings (SSSR count). The van der Waals surface area contributed by atoms with Crippen LogP contribution in [-0.4, -0.2) is 0 Å². The van der Waals surface area contributed by atoms with Gasteiger partial charge in [0, 0.05) is 24.3 Å². The van der Waals surface area contributed by atoms with Crippen LogP contribution in [0.5, 0.6) is 0 Å². The van der Waals surface area contributed by atoms with E-state index in [1.54, 1.807) is 0 Å². The van der Waals surface area contributed by atoms with Crippen LogP contribution in [0.1, 0.15) is 0 Å². The molecule has 0 amide bonds. The molecule has 3 aromatic rings. The fraction of sp³-hybridized carbons (Fsp3) is 0. The van der Waals surface area contributed by atoms with Crippen LogP contribution in [0.25, 0.3) is 22.3 Å². The van der Waals surface area contributed by atoms with Gasteiger partial charge in [0.1, 0.15) is 0 Å². The van der Waals surface area contributed by atoms with Gasteiger partial charge in [-0.25, -0.2) is 9.98 Å². The monoisotopic (exact) mass is 256 g/mol. The van der Waals surface area contributed by atoms with Crippen molar-refractivity contribution >= 4 is 11.4 Å². The summed E-state index contributed by atoms with van der Waals surface area (Å²) in [5, 5.41) is 2.40. The molecular formula is C18H12N2+2. The van der Waals surface area contributed by atoms with Crippen LogP contribution in [-0.2, 0) is 0 Å². The van der Waals surface area contributed by atoms with E-state index in [0.29, 0.717) is 0 Å². The molecule has 2 aliphatic rings. The van der Waals surface area contributed by atoms with Gasteiger partial charge in [-0.05, 0) is 12.1 Å². The Morgan fingerprint density at radius 2 is 0.950 bits per heavy atom. The molecule has 0 aromatic heterocycles. The van der Waals surface area contributed by atoms with E-state index in [9.17, 15) is 0 Å². The number of hydrogen-bond donors (Lipinski definition) is 2. The average Bonchev–Trinajstić information content (AvgIpc) is 3.02. The molecule has 2 nitrogen and oxygen atoms in total. The first kappa shape index (κ1) is 10.1. The molecule has 0 spiro atoms. The van der Waals surface area contributed by atoms with Crippen LogP contribution in [0.2, 0.25) is 0 Å². The van der Waals surface area contributed by atoms with Crippen molar-refractivity contribution in [3.63, 3.8) is 0 Å². The molecule has 0 unspecified atom stereocenters. The molecule has 3 aromatic carbocycles. The van der Waals surface area contributed by atoms with Crippen molar-refractivity contribution in [1.29, 1.82) is 0 Å². The SMILES string of the molecule is c1ccc2c(c1)[NH+]=c1cc3c(cc1-2)=[NH+]c1ccccc1-3. The zero-order valence-corrected chi connectivity index (χ0v) is 10.8. The zero-order valence-electron chi connectivity index (χ0n) is 10.8. The van der Waals surface area contributed by atoms with Crippen LogP contribution in [0.3, 0.4) is 0 Å². The number of hydrogen-bond acceptors (Lipinski definition) is 0. The molecule has 0 bridgehead atoms. The van der Waals surface area contributed by atoms with Crippen LogP contribution >= 0.6 is 0 Å². The van der Waals surface area contributed by atoms with Crippen molar-refractivity contribution in [1.82, 2.24) is 0 Å². The summed E-state index contributed by atoms with van der Waals surface area (Å²) in [5.41, 5.74) is 7.50. The zero-order chi connectivity index (χ0) is 13.1. The molecule has 0 saturated carbocycles. The van der Waals surface area contributed by atoms with Gasteiger partial charge in [-0.3, -0.25) is 0 Å². The predicted molar refractivity (Wildman–Crippen MR) is 76.0 cm³/mol. The Hall–Kier alpha value is -2.74.